The van der Waals surface area contributed by atoms with Crippen LogP contribution in [0, 0.1) is 13.8 Å². The minimum Gasteiger partial charge on any atom is -0.493 e. The highest BCUT2D eigenvalue weighted by molar-refractivity contribution is 8.18. The number of ether oxygens (including phenoxy) is 3. The number of hydrogen-bond donors (Lipinski definition) is 0. The molecule has 0 aromatic heterocycles. The van der Waals surface area contributed by atoms with Crippen molar-refractivity contribution in [3.05, 3.63) is 93.9 Å². The molecule has 1 heterocycles. The van der Waals surface area contributed by atoms with E-state index < -0.39 is 0 Å². The van der Waals surface area contributed by atoms with Gasteiger partial charge in [0.2, 0.25) is 0 Å². The van der Waals surface area contributed by atoms with Gasteiger partial charge in [-0.2, -0.15) is 0 Å². The Labute approximate surface area is 209 Å². The lowest BCUT2D eigenvalue weighted by Gasteiger charge is -2.13. The van der Waals surface area contributed by atoms with Crippen LogP contribution in [0.2, 0.25) is 0 Å². The molecule has 1 aliphatic heterocycles. The van der Waals surface area contributed by atoms with Crippen molar-refractivity contribution in [1.29, 1.82) is 0 Å². The molecule has 3 aromatic rings. The van der Waals surface area contributed by atoms with Gasteiger partial charge in [-0.15, -0.1) is 0 Å². The van der Waals surface area contributed by atoms with E-state index in [1.165, 1.54) is 10.5 Å². The molecular formula is C28H27NO5S. The van der Waals surface area contributed by atoms with E-state index in [1.807, 2.05) is 68.4 Å². The lowest BCUT2D eigenvalue weighted by molar-refractivity contribution is -0.123. The molecule has 1 fully saturated rings. The minimum absolute atomic E-state index is 0.186. The van der Waals surface area contributed by atoms with E-state index in [-0.39, 0.29) is 24.3 Å². The van der Waals surface area contributed by atoms with Gasteiger partial charge in [-0.05, 0) is 72.6 Å². The van der Waals surface area contributed by atoms with Crippen LogP contribution in [-0.2, 0) is 11.4 Å². The van der Waals surface area contributed by atoms with Crippen LogP contribution in [0.3, 0.4) is 0 Å². The first kappa shape index (κ1) is 24.4. The van der Waals surface area contributed by atoms with Crippen LogP contribution in [0.5, 0.6) is 17.2 Å². The average Bonchev–Trinajstić information content (AvgIpc) is 3.11. The van der Waals surface area contributed by atoms with Crippen molar-refractivity contribution in [2.24, 2.45) is 0 Å². The Balaban J connectivity index is 1.39. The molecule has 1 saturated heterocycles. The summed E-state index contributed by atoms with van der Waals surface area (Å²) in [5, 5.41) is -0.306. The van der Waals surface area contributed by atoms with E-state index in [1.54, 1.807) is 25.3 Å². The molecule has 1 aliphatic rings. The maximum atomic E-state index is 12.8. The summed E-state index contributed by atoms with van der Waals surface area (Å²) in [5.41, 5.74) is 4.07. The zero-order valence-corrected chi connectivity index (χ0v) is 20.8. The second-order valence-corrected chi connectivity index (χ2v) is 9.18. The molecule has 3 aromatic carbocycles. The second-order valence-electron chi connectivity index (χ2n) is 8.18. The molecule has 0 spiro atoms. The molecule has 0 aliphatic carbocycles. The SMILES string of the molecule is COc1cc(/C=C2\SC(=O)N(CCOc3cccc(C)c3)C2=O)ccc1OCc1ccc(C)cc1. The minimum atomic E-state index is -0.327. The highest BCUT2D eigenvalue weighted by Gasteiger charge is 2.34. The molecular weight excluding hydrogens is 462 g/mol. The van der Waals surface area contributed by atoms with E-state index in [0.717, 1.165) is 28.5 Å². The summed E-state index contributed by atoms with van der Waals surface area (Å²) in [6.07, 6.45) is 1.69. The molecule has 0 saturated carbocycles. The third-order valence-corrected chi connectivity index (χ3v) is 6.35. The Hall–Kier alpha value is -3.71. The van der Waals surface area contributed by atoms with Gasteiger partial charge >= 0.3 is 0 Å². The fourth-order valence-electron chi connectivity index (χ4n) is 3.54. The quantitative estimate of drug-likeness (QED) is 0.343. The van der Waals surface area contributed by atoms with Gasteiger partial charge in [0.05, 0.1) is 18.6 Å². The Morgan fingerprint density at radius 1 is 0.886 bits per heavy atom. The number of aryl methyl sites for hydroxylation is 2. The zero-order chi connectivity index (χ0) is 24.8. The molecule has 180 valence electrons. The standard InChI is InChI=1S/C28H27NO5S/c1-19-7-9-21(10-8-19)18-34-24-12-11-22(16-25(24)32-3)17-26-27(30)29(28(31)35-26)13-14-33-23-6-4-5-20(2)15-23/h4-12,15-17H,13-14,18H2,1-3H3/b26-17-. The van der Waals surface area contributed by atoms with Crippen LogP contribution in [0.4, 0.5) is 4.79 Å². The first-order valence-corrected chi connectivity index (χ1v) is 12.1. The smallest absolute Gasteiger partial charge is 0.293 e. The molecule has 35 heavy (non-hydrogen) atoms. The van der Waals surface area contributed by atoms with Crippen molar-refractivity contribution in [1.82, 2.24) is 4.90 Å². The van der Waals surface area contributed by atoms with Gasteiger partial charge < -0.3 is 14.2 Å². The summed E-state index contributed by atoms with van der Waals surface area (Å²) in [6.45, 7) is 4.85. The highest BCUT2D eigenvalue weighted by Crippen LogP contribution is 2.34. The summed E-state index contributed by atoms with van der Waals surface area (Å²) in [4.78, 5) is 26.8. The molecule has 7 heteroatoms. The monoisotopic (exact) mass is 489 g/mol. The van der Waals surface area contributed by atoms with Gasteiger partial charge in [-0.1, -0.05) is 48.0 Å². The van der Waals surface area contributed by atoms with Crippen LogP contribution < -0.4 is 14.2 Å². The van der Waals surface area contributed by atoms with Gasteiger partial charge in [-0.25, -0.2) is 0 Å². The van der Waals surface area contributed by atoms with E-state index in [9.17, 15) is 9.59 Å². The molecule has 0 radical (unpaired) electrons. The number of nitrogens with zero attached hydrogens (tertiary/aromatic N) is 1. The summed E-state index contributed by atoms with van der Waals surface area (Å²) in [5.74, 6) is 1.54. The number of carbonyl (C=O) groups excluding carboxylic acids is 2. The summed E-state index contributed by atoms with van der Waals surface area (Å²) >= 11 is 0.923. The molecule has 4 rings (SSSR count). The van der Waals surface area contributed by atoms with Crippen molar-refractivity contribution in [3.8, 4) is 17.2 Å². The third kappa shape index (κ3) is 6.25. The van der Waals surface area contributed by atoms with E-state index in [2.05, 4.69) is 0 Å². The number of imide groups is 1. The van der Waals surface area contributed by atoms with Crippen LogP contribution in [0.1, 0.15) is 22.3 Å². The number of carbonyl (C=O) groups is 2. The van der Waals surface area contributed by atoms with Gasteiger partial charge in [-0.3, -0.25) is 14.5 Å². The lowest BCUT2D eigenvalue weighted by atomic mass is 10.1. The zero-order valence-electron chi connectivity index (χ0n) is 19.9. The Morgan fingerprint density at radius 3 is 2.43 bits per heavy atom. The summed E-state index contributed by atoms with van der Waals surface area (Å²) in [7, 11) is 1.57. The molecule has 2 amide bonds. The Kier molecular flexibility index (Phi) is 7.77. The summed E-state index contributed by atoms with van der Waals surface area (Å²) < 4.78 is 17.1. The normalized spacial score (nSPS) is 14.5. The molecule has 0 bridgehead atoms. The van der Waals surface area contributed by atoms with Crippen molar-refractivity contribution < 1.29 is 23.8 Å². The van der Waals surface area contributed by atoms with Crippen LogP contribution in [-0.4, -0.2) is 36.3 Å². The maximum Gasteiger partial charge on any atom is 0.293 e. The van der Waals surface area contributed by atoms with E-state index in [0.29, 0.717) is 28.8 Å². The molecule has 0 atom stereocenters. The van der Waals surface area contributed by atoms with Crippen LogP contribution in [0.25, 0.3) is 6.08 Å². The highest BCUT2D eigenvalue weighted by atomic mass is 32.2. The van der Waals surface area contributed by atoms with Gasteiger partial charge in [0.1, 0.15) is 19.0 Å². The topological polar surface area (TPSA) is 65.1 Å². The lowest BCUT2D eigenvalue weighted by Crippen LogP contribution is -2.32. The van der Waals surface area contributed by atoms with E-state index >= 15 is 0 Å². The first-order valence-electron chi connectivity index (χ1n) is 11.2. The number of rotatable bonds is 9. The van der Waals surface area contributed by atoms with Crippen molar-refractivity contribution in [2.75, 3.05) is 20.3 Å². The molecule has 6 nitrogen and oxygen atoms in total. The first-order chi connectivity index (χ1) is 16.9. The fourth-order valence-corrected chi connectivity index (χ4v) is 4.41. The fraction of sp³-hybridized carbons (Fsp3) is 0.214. The largest absolute Gasteiger partial charge is 0.493 e. The number of thioether (sulfide) groups is 1. The third-order valence-electron chi connectivity index (χ3n) is 5.45. The van der Waals surface area contributed by atoms with Gasteiger partial charge in [0, 0.05) is 0 Å². The predicted molar refractivity (Wildman–Crippen MR) is 138 cm³/mol. The molecule has 0 unspecified atom stereocenters. The number of hydrogen-bond acceptors (Lipinski definition) is 6. The maximum absolute atomic E-state index is 12.8. The van der Waals surface area contributed by atoms with E-state index in [4.69, 9.17) is 14.2 Å². The number of benzene rings is 3. The molecule has 0 N–H and O–H groups in total. The number of methoxy groups -OCH3 is 1. The Morgan fingerprint density at radius 2 is 1.69 bits per heavy atom. The van der Waals surface area contributed by atoms with Crippen LogP contribution in [0.15, 0.2) is 71.6 Å². The van der Waals surface area contributed by atoms with Gasteiger partial charge in [0.25, 0.3) is 11.1 Å². The average molecular weight is 490 g/mol. The Bertz CT molecular complexity index is 1250. The van der Waals surface area contributed by atoms with Crippen molar-refractivity contribution in [3.63, 3.8) is 0 Å². The van der Waals surface area contributed by atoms with Crippen LogP contribution >= 0.6 is 11.8 Å². The van der Waals surface area contributed by atoms with Crippen molar-refractivity contribution >= 4 is 29.0 Å². The van der Waals surface area contributed by atoms with Gasteiger partial charge in [0.15, 0.2) is 11.5 Å². The second kappa shape index (κ2) is 11.1. The predicted octanol–water partition coefficient (Wildman–Crippen LogP) is 6.01. The van der Waals surface area contributed by atoms with Crippen molar-refractivity contribution in [2.45, 2.75) is 20.5 Å². The summed E-state index contributed by atoms with van der Waals surface area (Å²) in [6, 6.07) is 21.2. The number of amides is 2.